The van der Waals surface area contributed by atoms with Crippen LogP contribution in [0, 0.1) is 0 Å². The average Bonchev–Trinajstić information content (AvgIpc) is 2.51. The van der Waals surface area contributed by atoms with E-state index in [9.17, 15) is 13.2 Å². The molecule has 0 amide bonds. The van der Waals surface area contributed by atoms with Crippen LogP contribution >= 0.6 is 22.0 Å². The van der Waals surface area contributed by atoms with E-state index in [1.165, 1.54) is 5.38 Å². The predicted molar refractivity (Wildman–Crippen MR) is 51.1 cm³/mol. The molecule has 0 radical (unpaired) electrons. The molecule has 0 bridgehead atoms. The van der Waals surface area contributed by atoms with Crippen molar-refractivity contribution in [1.29, 1.82) is 0 Å². The minimum atomic E-state index is -3.86. The number of hydrogen-bond donors (Lipinski definition) is 0. The molecule has 78 valence electrons. The quantitative estimate of drug-likeness (QED) is 0.600. The van der Waals surface area contributed by atoms with E-state index in [1.807, 2.05) is 0 Å². The van der Waals surface area contributed by atoms with E-state index in [-0.39, 0.29) is 16.6 Å². The molecule has 0 aliphatic carbocycles. The van der Waals surface area contributed by atoms with Crippen molar-refractivity contribution in [2.75, 3.05) is 6.61 Å². The summed E-state index contributed by atoms with van der Waals surface area (Å²) in [6.45, 7) is 1.85. The average molecular weight is 256 g/mol. The Morgan fingerprint density at radius 2 is 2.36 bits per heavy atom. The van der Waals surface area contributed by atoms with Gasteiger partial charge in [0.15, 0.2) is 5.69 Å². The van der Waals surface area contributed by atoms with Crippen LogP contribution < -0.4 is 0 Å². The largest absolute Gasteiger partial charge is 0.461 e. The number of thiazole rings is 1. The molecular weight excluding hydrogens is 250 g/mol. The molecule has 1 aromatic rings. The Labute approximate surface area is 89.1 Å². The zero-order valence-corrected chi connectivity index (χ0v) is 9.45. The second kappa shape index (κ2) is 4.24. The van der Waals surface area contributed by atoms with Crippen molar-refractivity contribution >= 4 is 37.0 Å². The third kappa shape index (κ3) is 2.66. The van der Waals surface area contributed by atoms with Crippen LogP contribution in [0.1, 0.15) is 17.4 Å². The molecule has 0 spiro atoms. The highest BCUT2D eigenvalue weighted by molar-refractivity contribution is 8.14. The topological polar surface area (TPSA) is 73.3 Å². The van der Waals surface area contributed by atoms with Gasteiger partial charge in [-0.25, -0.2) is 18.2 Å². The molecule has 5 nitrogen and oxygen atoms in total. The summed E-state index contributed by atoms with van der Waals surface area (Å²) in [5.41, 5.74) is -0.0453. The highest BCUT2D eigenvalue weighted by Gasteiger charge is 2.18. The van der Waals surface area contributed by atoms with Crippen LogP contribution in [0.5, 0.6) is 0 Å². The van der Waals surface area contributed by atoms with E-state index in [0.717, 1.165) is 11.3 Å². The Balaban J connectivity index is 2.94. The summed E-state index contributed by atoms with van der Waals surface area (Å²) in [7, 11) is 1.16. The van der Waals surface area contributed by atoms with Gasteiger partial charge in [-0.05, 0) is 6.92 Å². The number of halogens is 1. The SMILES string of the molecule is CCOC(=O)c1csc(S(=O)(=O)Cl)n1. The summed E-state index contributed by atoms with van der Waals surface area (Å²) >= 11 is 0.779. The fourth-order valence-electron chi connectivity index (χ4n) is 0.668. The van der Waals surface area contributed by atoms with Gasteiger partial charge in [-0.15, -0.1) is 11.3 Å². The van der Waals surface area contributed by atoms with Gasteiger partial charge in [0.2, 0.25) is 4.34 Å². The number of nitrogens with zero attached hydrogens (tertiary/aromatic N) is 1. The zero-order chi connectivity index (χ0) is 10.8. The fraction of sp³-hybridized carbons (Fsp3) is 0.333. The lowest BCUT2D eigenvalue weighted by Gasteiger charge is -1.95. The van der Waals surface area contributed by atoms with Crippen LogP contribution in [0.2, 0.25) is 0 Å². The number of hydrogen-bond acceptors (Lipinski definition) is 6. The molecule has 14 heavy (non-hydrogen) atoms. The normalized spacial score (nSPS) is 11.3. The van der Waals surface area contributed by atoms with Crippen LogP contribution in [0.4, 0.5) is 0 Å². The number of carbonyl (C=O) groups is 1. The van der Waals surface area contributed by atoms with Crippen molar-refractivity contribution in [3.05, 3.63) is 11.1 Å². The van der Waals surface area contributed by atoms with Crippen LogP contribution in [-0.4, -0.2) is 26.0 Å². The van der Waals surface area contributed by atoms with Crippen molar-refractivity contribution in [3.8, 4) is 0 Å². The first kappa shape index (κ1) is 11.4. The molecule has 1 aromatic heterocycles. The Kier molecular flexibility index (Phi) is 3.46. The monoisotopic (exact) mass is 255 g/mol. The highest BCUT2D eigenvalue weighted by atomic mass is 35.7. The molecule has 0 fully saturated rings. The van der Waals surface area contributed by atoms with Gasteiger partial charge < -0.3 is 4.74 Å². The van der Waals surface area contributed by atoms with E-state index in [2.05, 4.69) is 9.72 Å². The maximum Gasteiger partial charge on any atom is 0.357 e. The molecule has 0 saturated heterocycles. The first-order chi connectivity index (χ1) is 6.45. The second-order valence-corrected chi connectivity index (χ2v) is 5.75. The lowest BCUT2D eigenvalue weighted by molar-refractivity contribution is 0.0520. The number of carbonyl (C=O) groups excluding carboxylic acids is 1. The Bertz CT molecular complexity index is 438. The highest BCUT2D eigenvalue weighted by Crippen LogP contribution is 2.19. The fourth-order valence-corrected chi connectivity index (χ4v) is 2.42. The minimum absolute atomic E-state index is 0.0453. The van der Waals surface area contributed by atoms with Crippen molar-refractivity contribution in [2.24, 2.45) is 0 Å². The number of aromatic nitrogens is 1. The summed E-state index contributed by atoms with van der Waals surface area (Å²) < 4.78 is 25.9. The van der Waals surface area contributed by atoms with Crippen molar-refractivity contribution < 1.29 is 17.9 Å². The maximum absolute atomic E-state index is 11.1. The molecule has 0 atom stereocenters. The first-order valence-electron chi connectivity index (χ1n) is 3.52. The second-order valence-electron chi connectivity index (χ2n) is 2.16. The molecule has 0 aromatic carbocycles. The van der Waals surface area contributed by atoms with Gasteiger partial charge in [-0.1, -0.05) is 0 Å². The lowest BCUT2D eigenvalue weighted by Crippen LogP contribution is -2.05. The maximum atomic E-state index is 11.1. The van der Waals surface area contributed by atoms with E-state index in [1.54, 1.807) is 6.92 Å². The van der Waals surface area contributed by atoms with Crippen LogP contribution in [0.3, 0.4) is 0 Å². The van der Waals surface area contributed by atoms with Crippen LogP contribution in [0.15, 0.2) is 9.72 Å². The van der Waals surface area contributed by atoms with Gasteiger partial charge in [0.05, 0.1) is 6.61 Å². The molecule has 8 heteroatoms. The molecule has 0 saturated carbocycles. The van der Waals surface area contributed by atoms with E-state index >= 15 is 0 Å². The Morgan fingerprint density at radius 1 is 1.71 bits per heavy atom. The van der Waals surface area contributed by atoms with Gasteiger partial charge >= 0.3 is 5.97 Å². The molecule has 1 rings (SSSR count). The summed E-state index contributed by atoms with van der Waals surface area (Å²) in [4.78, 5) is 14.6. The first-order valence-corrected chi connectivity index (χ1v) is 6.71. The van der Waals surface area contributed by atoms with Crippen molar-refractivity contribution in [1.82, 2.24) is 4.98 Å². The number of esters is 1. The van der Waals surface area contributed by atoms with Crippen LogP contribution in [-0.2, 0) is 13.8 Å². The predicted octanol–water partition coefficient (Wildman–Crippen LogP) is 1.25. The summed E-state index contributed by atoms with van der Waals surface area (Å²) in [5, 5.41) is 1.28. The molecule has 1 heterocycles. The Morgan fingerprint density at radius 3 is 2.79 bits per heavy atom. The van der Waals surface area contributed by atoms with Crippen molar-refractivity contribution in [2.45, 2.75) is 11.3 Å². The molecule has 0 aliphatic rings. The zero-order valence-electron chi connectivity index (χ0n) is 7.06. The van der Waals surface area contributed by atoms with E-state index in [0.29, 0.717) is 0 Å². The summed E-state index contributed by atoms with van der Waals surface area (Å²) in [6.07, 6.45) is 0. The third-order valence-corrected chi connectivity index (χ3v) is 3.98. The van der Waals surface area contributed by atoms with Crippen LogP contribution in [0.25, 0.3) is 0 Å². The standard InChI is InChI=1S/C6H6ClNO4S2/c1-2-12-5(9)4-3-13-6(8-4)14(7,10)11/h3H,2H2,1H3. The van der Waals surface area contributed by atoms with Crippen molar-refractivity contribution in [3.63, 3.8) is 0 Å². The van der Waals surface area contributed by atoms with Gasteiger partial charge in [0, 0.05) is 16.1 Å². The molecular formula is C6H6ClNO4S2. The van der Waals surface area contributed by atoms with Gasteiger partial charge in [0.1, 0.15) is 0 Å². The smallest absolute Gasteiger partial charge is 0.357 e. The number of rotatable bonds is 3. The summed E-state index contributed by atoms with van der Waals surface area (Å²) in [6, 6.07) is 0. The molecule has 0 unspecified atom stereocenters. The Hall–Kier alpha value is -0.660. The minimum Gasteiger partial charge on any atom is -0.461 e. The third-order valence-electron chi connectivity index (χ3n) is 1.18. The van der Waals surface area contributed by atoms with Gasteiger partial charge in [-0.3, -0.25) is 0 Å². The summed E-state index contributed by atoms with van der Waals surface area (Å²) in [5.74, 6) is -0.657. The van der Waals surface area contributed by atoms with E-state index < -0.39 is 15.0 Å². The molecule has 0 N–H and O–H groups in total. The van der Waals surface area contributed by atoms with E-state index in [4.69, 9.17) is 10.7 Å². The lowest BCUT2D eigenvalue weighted by atomic mass is 10.5. The van der Waals surface area contributed by atoms with Gasteiger partial charge in [-0.2, -0.15) is 0 Å². The number of ether oxygens (including phenoxy) is 1. The molecule has 0 aliphatic heterocycles. The van der Waals surface area contributed by atoms with Gasteiger partial charge in [0.25, 0.3) is 9.05 Å².